The van der Waals surface area contributed by atoms with Gasteiger partial charge in [-0.3, -0.25) is 14.8 Å². The quantitative estimate of drug-likeness (QED) is 0.641. The standard InChI is InChI=1S/C21H16F4N4O/c1-12-20(14-3-6-16(22)7-4-14,15-5-8-17(26-11-15)21(23,24)25)29-19(28-12)13-2-9-18(30)27-10-13/h2-12H,1H3,(H,27,30)(H,28,29)/t12-,20+/m0/s1. The minimum absolute atomic E-state index is 0.276. The molecule has 0 bridgehead atoms. The van der Waals surface area contributed by atoms with Crippen molar-refractivity contribution >= 4 is 5.84 Å². The number of aliphatic imine (C=N–C) groups is 1. The van der Waals surface area contributed by atoms with Crippen molar-refractivity contribution in [2.24, 2.45) is 4.99 Å². The van der Waals surface area contributed by atoms with Crippen LogP contribution in [0.3, 0.4) is 0 Å². The van der Waals surface area contributed by atoms with Crippen molar-refractivity contribution < 1.29 is 17.6 Å². The predicted molar refractivity (Wildman–Crippen MR) is 103 cm³/mol. The maximum absolute atomic E-state index is 13.5. The largest absolute Gasteiger partial charge is 0.433 e. The van der Waals surface area contributed by atoms with E-state index in [1.807, 2.05) is 0 Å². The molecule has 2 aromatic heterocycles. The molecule has 0 amide bonds. The molecule has 154 valence electrons. The Morgan fingerprint density at radius 2 is 1.70 bits per heavy atom. The number of nitrogens with one attached hydrogen (secondary N) is 2. The van der Waals surface area contributed by atoms with Crippen LogP contribution in [0.2, 0.25) is 0 Å². The van der Waals surface area contributed by atoms with Crippen molar-refractivity contribution in [2.45, 2.75) is 24.7 Å². The molecule has 1 aliphatic rings. The number of hydrogen-bond donors (Lipinski definition) is 2. The topological polar surface area (TPSA) is 70.1 Å². The van der Waals surface area contributed by atoms with E-state index in [4.69, 9.17) is 0 Å². The highest BCUT2D eigenvalue weighted by Crippen LogP contribution is 2.39. The SMILES string of the molecule is C[C@@H]1N=C(c2ccc(=O)[nH]c2)N[C@]1(c1ccc(F)cc1)c1ccc(C(F)(F)F)nc1. The molecule has 3 heterocycles. The van der Waals surface area contributed by atoms with Gasteiger partial charge in [0.05, 0.1) is 6.04 Å². The van der Waals surface area contributed by atoms with Crippen LogP contribution in [-0.2, 0) is 11.7 Å². The van der Waals surface area contributed by atoms with Crippen LogP contribution >= 0.6 is 0 Å². The molecule has 0 fully saturated rings. The zero-order valence-corrected chi connectivity index (χ0v) is 15.7. The lowest BCUT2D eigenvalue weighted by molar-refractivity contribution is -0.141. The summed E-state index contributed by atoms with van der Waals surface area (Å²) in [6, 6.07) is 10.4. The van der Waals surface area contributed by atoms with Gasteiger partial charge in [-0.05, 0) is 36.8 Å². The molecule has 0 unspecified atom stereocenters. The highest BCUT2D eigenvalue weighted by atomic mass is 19.4. The highest BCUT2D eigenvalue weighted by molar-refractivity contribution is 6.01. The van der Waals surface area contributed by atoms with Crippen LogP contribution in [0, 0.1) is 5.82 Å². The number of amidine groups is 1. The molecule has 1 aromatic carbocycles. The number of aromatic amines is 1. The first-order valence-corrected chi connectivity index (χ1v) is 9.05. The number of pyridine rings is 2. The molecule has 9 heteroatoms. The van der Waals surface area contributed by atoms with Crippen molar-refractivity contribution in [3.63, 3.8) is 0 Å². The van der Waals surface area contributed by atoms with Gasteiger partial charge in [0, 0.05) is 29.6 Å². The molecule has 30 heavy (non-hydrogen) atoms. The van der Waals surface area contributed by atoms with Crippen LogP contribution in [-0.4, -0.2) is 21.8 Å². The lowest BCUT2D eigenvalue weighted by atomic mass is 9.79. The zero-order chi connectivity index (χ0) is 21.5. The summed E-state index contributed by atoms with van der Waals surface area (Å²) in [5.41, 5.74) is -0.699. The lowest BCUT2D eigenvalue weighted by Gasteiger charge is -2.35. The third-order valence-corrected chi connectivity index (χ3v) is 5.13. The molecule has 4 rings (SSSR count). The molecule has 0 radical (unpaired) electrons. The van der Waals surface area contributed by atoms with Crippen LogP contribution < -0.4 is 10.9 Å². The van der Waals surface area contributed by atoms with Crippen LogP contribution in [0.4, 0.5) is 17.6 Å². The molecule has 0 saturated carbocycles. The Morgan fingerprint density at radius 1 is 1.00 bits per heavy atom. The summed E-state index contributed by atoms with van der Waals surface area (Å²) in [4.78, 5) is 22.1. The van der Waals surface area contributed by atoms with Crippen LogP contribution in [0.15, 0.2) is 70.7 Å². The van der Waals surface area contributed by atoms with Crippen molar-refractivity contribution in [3.8, 4) is 0 Å². The second-order valence-electron chi connectivity index (χ2n) is 6.97. The fourth-order valence-corrected chi connectivity index (χ4v) is 3.62. The van der Waals surface area contributed by atoms with Crippen molar-refractivity contribution in [1.82, 2.24) is 15.3 Å². The summed E-state index contributed by atoms with van der Waals surface area (Å²) in [6.07, 6.45) is -1.92. The zero-order valence-electron chi connectivity index (χ0n) is 15.7. The minimum atomic E-state index is -4.56. The maximum atomic E-state index is 13.5. The normalized spacial score (nSPS) is 21.2. The molecule has 0 saturated heterocycles. The van der Waals surface area contributed by atoms with E-state index in [1.165, 1.54) is 30.5 Å². The van der Waals surface area contributed by atoms with E-state index in [-0.39, 0.29) is 5.56 Å². The van der Waals surface area contributed by atoms with E-state index in [9.17, 15) is 22.4 Å². The Kier molecular flexibility index (Phi) is 4.68. The fraction of sp³-hybridized carbons (Fsp3) is 0.190. The van der Waals surface area contributed by atoms with Gasteiger partial charge in [0.2, 0.25) is 5.56 Å². The molecule has 1 aliphatic heterocycles. The summed E-state index contributed by atoms with van der Waals surface area (Å²) in [5.74, 6) is 0.00911. The van der Waals surface area contributed by atoms with Gasteiger partial charge in [0.25, 0.3) is 0 Å². The van der Waals surface area contributed by atoms with E-state index >= 15 is 0 Å². The number of alkyl halides is 3. The number of nitrogens with zero attached hydrogens (tertiary/aromatic N) is 2. The second kappa shape index (κ2) is 7.08. The molecule has 2 atom stereocenters. The fourth-order valence-electron chi connectivity index (χ4n) is 3.62. The van der Waals surface area contributed by atoms with Crippen molar-refractivity contribution in [1.29, 1.82) is 0 Å². The maximum Gasteiger partial charge on any atom is 0.433 e. The Hall–Kier alpha value is -3.49. The van der Waals surface area contributed by atoms with E-state index in [0.717, 1.165) is 12.3 Å². The van der Waals surface area contributed by atoms with E-state index in [2.05, 4.69) is 20.3 Å². The Labute approximate surface area is 168 Å². The summed E-state index contributed by atoms with van der Waals surface area (Å²) in [7, 11) is 0. The van der Waals surface area contributed by atoms with Crippen molar-refractivity contribution in [2.75, 3.05) is 0 Å². The molecule has 0 spiro atoms. The third-order valence-electron chi connectivity index (χ3n) is 5.13. The van der Waals surface area contributed by atoms with Gasteiger partial charge >= 0.3 is 6.18 Å². The van der Waals surface area contributed by atoms with Gasteiger partial charge in [0.1, 0.15) is 22.9 Å². The molecule has 3 aromatic rings. The van der Waals surface area contributed by atoms with Gasteiger partial charge < -0.3 is 10.3 Å². The van der Waals surface area contributed by atoms with Crippen molar-refractivity contribution in [3.05, 3.63) is 99.5 Å². The number of benzene rings is 1. The number of H-pyrrole nitrogens is 1. The van der Waals surface area contributed by atoms with Gasteiger partial charge in [-0.1, -0.05) is 18.2 Å². The molecule has 5 nitrogen and oxygen atoms in total. The molecular weight excluding hydrogens is 400 g/mol. The summed E-state index contributed by atoms with van der Waals surface area (Å²) in [5, 5.41) is 3.28. The first-order valence-electron chi connectivity index (χ1n) is 9.05. The predicted octanol–water partition coefficient (Wildman–Crippen LogP) is 3.61. The highest BCUT2D eigenvalue weighted by Gasteiger charge is 2.46. The van der Waals surface area contributed by atoms with Gasteiger partial charge in [-0.15, -0.1) is 0 Å². The van der Waals surface area contributed by atoms with Gasteiger partial charge in [0.15, 0.2) is 0 Å². The number of rotatable bonds is 3. The van der Waals surface area contributed by atoms with E-state index in [0.29, 0.717) is 22.5 Å². The molecule has 0 aliphatic carbocycles. The molecule has 2 N–H and O–H groups in total. The van der Waals surface area contributed by atoms with Gasteiger partial charge in [-0.2, -0.15) is 13.2 Å². The number of hydrogen-bond acceptors (Lipinski definition) is 4. The number of halogens is 4. The Bertz CT molecular complexity index is 1130. The van der Waals surface area contributed by atoms with E-state index < -0.39 is 29.3 Å². The smallest absolute Gasteiger partial charge is 0.354 e. The second-order valence-corrected chi connectivity index (χ2v) is 6.97. The monoisotopic (exact) mass is 416 g/mol. The first kappa shape index (κ1) is 19.8. The minimum Gasteiger partial charge on any atom is -0.354 e. The summed E-state index contributed by atoms with van der Waals surface area (Å²) >= 11 is 0. The average molecular weight is 416 g/mol. The summed E-state index contributed by atoms with van der Waals surface area (Å²) in [6.45, 7) is 1.80. The Balaban J connectivity index is 1.83. The molecular formula is C21H16F4N4O. The van der Waals surface area contributed by atoms with E-state index in [1.54, 1.807) is 25.1 Å². The van der Waals surface area contributed by atoms with Crippen LogP contribution in [0.25, 0.3) is 0 Å². The first-order chi connectivity index (χ1) is 14.2. The average Bonchev–Trinajstić information content (AvgIpc) is 3.07. The van der Waals surface area contributed by atoms with Crippen LogP contribution in [0.1, 0.15) is 29.3 Å². The third kappa shape index (κ3) is 3.36. The van der Waals surface area contributed by atoms with Gasteiger partial charge in [-0.25, -0.2) is 4.39 Å². The number of aromatic nitrogens is 2. The summed E-state index contributed by atoms with van der Waals surface area (Å²) < 4.78 is 52.5. The van der Waals surface area contributed by atoms with Crippen LogP contribution in [0.5, 0.6) is 0 Å². The Morgan fingerprint density at radius 3 is 2.27 bits per heavy atom. The lowest BCUT2D eigenvalue weighted by Crippen LogP contribution is -2.48.